The van der Waals surface area contributed by atoms with Crippen molar-refractivity contribution in [1.82, 2.24) is 0 Å². The van der Waals surface area contributed by atoms with Gasteiger partial charge < -0.3 is 9.47 Å². The van der Waals surface area contributed by atoms with Crippen LogP contribution in [-0.2, 0) is 0 Å². The molecule has 0 amide bonds. The molecule has 1 aliphatic carbocycles. The molecule has 0 atom stereocenters. The van der Waals surface area contributed by atoms with E-state index in [1.807, 2.05) is 24.4 Å². The minimum atomic E-state index is 0.491. The fraction of sp³-hybridized carbons (Fsp3) is 0.533. The molecule has 1 saturated carbocycles. The number of rotatable bonds is 4. The Morgan fingerprint density at radius 1 is 1.11 bits per heavy atom. The largest absolute Gasteiger partial charge is 0.497 e. The molecule has 1 aromatic carbocycles. The zero-order chi connectivity index (χ0) is 12.8. The molecule has 0 radical (unpaired) electrons. The van der Waals surface area contributed by atoms with Crippen molar-refractivity contribution in [3.63, 3.8) is 0 Å². The third kappa shape index (κ3) is 3.25. The van der Waals surface area contributed by atoms with Crippen LogP contribution in [-0.4, -0.2) is 26.5 Å². The van der Waals surface area contributed by atoms with E-state index in [4.69, 9.17) is 9.47 Å². The summed E-state index contributed by atoms with van der Waals surface area (Å²) in [4.78, 5) is 4.67. The molecule has 1 aliphatic rings. The molecule has 0 aromatic heterocycles. The van der Waals surface area contributed by atoms with Crippen molar-refractivity contribution < 1.29 is 9.47 Å². The molecule has 1 aromatic rings. The third-order valence-electron chi connectivity index (χ3n) is 3.44. The highest BCUT2D eigenvalue weighted by Crippen LogP contribution is 2.24. The quantitative estimate of drug-likeness (QED) is 0.763. The van der Waals surface area contributed by atoms with E-state index in [1.165, 1.54) is 32.1 Å². The minimum absolute atomic E-state index is 0.491. The van der Waals surface area contributed by atoms with Gasteiger partial charge in [0, 0.05) is 23.9 Å². The maximum atomic E-state index is 5.36. The smallest absolute Gasteiger partial charge is 0.131 e. The average molecular weight is 247 g/mol. The Morgan fingerprint density at radius 3 is 2.56 bits per heavy atom. The summed E-state index contributed by atoms with van der Waals surface area (Å²) >= 11 is 0. The van der Waals surface area contributed by atoms with Gasteiger partial charge in [-0.25, -0.2) is 0 Å². The van der Waals surface area contributed by atoms with Gasteiger partial charge in [-0.1, -0.05) is 19.3 Å². The fourth-order valence-corrected chi connectivity index (χ4v) is 2.34. The van der Waals surface area contributed by atoms with Crippen LogP contribution in [0.25, 0.3) is 0 Å². The highest BCUT2D eigenvalue weighted by atomic mass is 16.5. The molecule has 2 rings (SSSR count). The molecular formula is C15H21NO2. The Labute approximate surface area is 109 Å². The lowest BCUT2D eigenvalue weighted by molar-refractivity contribution is 0.394. The molecule has 0 spiro atoms. The van der Waals surface area contributed by atoms with E-state index >= 15 is 0 Å². The van der Waals surface area contributed by atoms with E-state index in [0.29, 0.717) is 6.04 Å². The lowest BCUT2D eigenvalue weighted by Gasteiger charge is -2.17. The van der Waals surface area contributed by atoms with Crippen molar-refractivity contribution in [2.75, 3.05) is 14.2 Å². The normalized spacial score (nSPS) is 17.0. The molecule has 0 unspecified atom stereocenters. The molecular weight excluding hydrogens is 226 g/mol. The van der Waals surface area contributed by atoms with Crippen molar-refractivity contribution in [2.24, 2.45) is 4.99 Å². The summed E-state index contributed by atoms with van der Waals surface area (Å²) in [6.07, 6.45) is 8.35. The average Bonchev–Trinajstić information content (AvgIpc) is 2.46. The summed E-state index contributed by atoms with van der Waals surface area (Å²) in [5.74, 6) is 1.62. The van der Waals surface area contributed by atoms with E-state index < -0.39 is 0 Å². The van der Waals surface area contributed by atoms with Gasteiger partial charge in [-0.3, -0.25) is 4.99 Å². The standard InChI is InChI=1S/C15H21NO2/c1-17-14-9-8-12(15(10-14)18-2)11-16-13-6-4-3-5-7-13/h8-11,13H,3-7H2,1-2H3. The van der Waals surface area contributed by atoms with Crippen molar-refractivity contribution in [1.29, 1.82) is 0 Å². The first-order valence-corrected chi connectivity index (χ1v) is 6.58. The van der Waals surface area contributed by atoms with Crippen molar-refractivity contribution in [3.05, 3.63) is 23.8 Å². The Hall–Kier alpha value is -1.51. The van der Waals surface area contributed by atoms with Crippen molar-refractivity contribution in [3.8, 4) is 11.5 Å². The van der Waals surface area contributed by atoms with Gasteiger partial charge in [-0.05, 0) is 25.0 Å². The summed E-state index contributed by atoms with van der Waals surface area (Å²) in [5.41, 5.74) is 1.02. The van der Waals surface area contributed by atoms with Crippen LogP contribution in [0, 0.1) is 0 Å². The summed E-state index contributed by atoms with van der Waals surface area (Å²) < 4.78 is 10.5. The second kappa shape index (κ2) is 6.43. The molecule has 1 fully saturated rings. The van der Waals surface area contributed by atoms with Crippen LogP contribution < -0.4 is 9.47 Å². The van der Waals surface area contributed by atoms with E-state index in [0.717, 1.165) is 17.1 Å². The first-order valence-electron chi connectivity index (χ1n) is 6.58. The molecule has 0 heterocycles. The molecule has 98 valence electrons. The fourth-order valence-electron chi connectivity index (χ4n) is 2.34. The summed E-state index contributed by atoms with van der Waals surface area (Å²) in [5, 5.41) is 0. The Morgan fingerprint density at radius 2 is 1.89 bits per heavy atom. The summed E-state index contributed by atoms with van der Waals surface area (Å²) in [6.45, 7) is 0. The van der Waals surface area contributed by atoms with Gasteiger partial charge >= 0.3 is 0 Å². The maximum absolute atomic E-state index is 5.36. The molecule has 0 N–H and O–H groups in total. The first-order chi connectivity index (χ1) is 8.83. The van der Waals surface area contributed by atoms with Gasteiger partial charge in [-0.15, -0.1) is 0 Å². The van der Waals surface area contributed by atoms with Crippen LogP contribution in [0.15, 0.2) is 23.2 Å². The van der Waals surface area contributed by atoms with Gasteiger partial charge in [-0.2, -0.15) is 0 Å². The van der Waals surface area contributed by atoms with E-state index in [2.05, 4.69) is 4.99 Å². The third-order valence-corrected chi connectivity index (χ3v) is 3.44. The Balaban J connectivity index is 2.09. The predicted octanol–water partition coefficient (Wildman–Crippen LogP) is 3.46. The predicted molar refractivity (Wildman–Crippen MR) is 74.0 cm³/mol. The Bertz CT molecular complexity index is 409. The number of hydrogen-bond acceptors (Lipinski definition) is 3. The minimum Gasteiger partial charge on any atom is -0.497 e. The zero-order valence-corrected chi connectivity index (χ0v) is 11.2. The number of aliphatic imine (C=N–C) groups is 1. The summed E-state index contributed by atoms with van der Waals surface area (Å²) in [6, 6.07) is 6.31. The zero-order valence-electron chi connectivity index (χ0n) is 11.2. The number of ether oxygens (including phenoxy) is 2. The number of methoxy groups -OCH3 is 2. The molecule has 0 saturated heterocycles. The van der Waals surface area contributed by atoms with E-state index in [1.54, 1.807) is 14.2 Å². The van der Waals surface area contributed by atoms with Crippen molar-refractivity contribution in [2.45, 2.75) is 38.1 Å². The number of benzene rings is 1. The lowest BCUT2D eigenvalue weighted by Crippen LogP contribution is -2.09. The van der Waals surface area contributed by atoms with Crippen LogP contribution in [0.4, 0.5) is 0 Å². The highest BCUT2D eigenvalue weighted by molar-refractivity contribution is 5.84. The maximum Gasteiger partial charge on any atom is 0.131 e. The SMILES string of the molecule is COc1ccc(C=NC2CCCCC2)c(OC)c1. The monoisotopic (exact) mass is 247 g/mol. The molecule has 3 heteroatoms. The first kappa shape index (κ1) is 12.9. The highest BCUT2D eigenvalue weighted by Gasteiger charge is 2.11. The van der Waals surface area contributed by atoms with Gasteiger partial charge in [0.25, 0.3) is 0 Å². The van der Waals surface area contributed by atoms with Crippen LogP contribution in [0.3, 0.4) is 0 Å². The molecule has 0 aliphatic heterocycles. The van der Waals surface area contributed by atoms with Gasteiger partial charge in [0.15, 0.2) is 0 Å². The molecule has 3 nitrogen and oxygen atoms in total. The van der Waals surface area contributed by atoms with Crippen LogP contribution >= 0.6 is 0 Å². The van der Waals surface area contributed by atoms with Gasteiger partial charge in [0.1, 0.15) is 11.5 Å². The lowest BCUT2D eigenvalue weighted by atomic mass is 9.96. The van der Waals surface area contributed by atoms with Crippen molar-refractivity contribution >= 4 is 6.21 Å². The Kier molecular flexibility index (Phi) is 4.62. The summed E-state index contributed by atoms with van der Waals surface area (Å²) in [7, 11) is 3.33. The topological polar surface area (TPSA) is 30.8 Å². The van der Waals surface area contributed by atoms with Crippen LogP contribution in [0.1, 0.15) is 37.7 Å². The number of nitrogens with zero attached hydrogens (tertiary/aromatic N) is 1. The van der Waals surface area contributed by atoms with Gasteiger partial charge in [0.05, 0.1) is 14.2 Å². The number of hydrogen-bond donors (Lipinski definition) is 0. The molecule has 0 bridgehead atoms. The molecule has 18 heavy (non-hydrogen) atoms. The van der Waals surface area contributed by atoms with E-state index in [9.17, 15) is 0 Å². The second-order valence-electron chi connectivity index (χ2n) is 4.68. The second-order valence-corrected chi connectivity index (χ2v) is 4.68. The van der Waals surface area contributed by atoms with Crippen LogP contribution in [0.2, 0.25) is 0 Å². The van der Waals surface area contributed by atoms with Gasteiger partial charge in [0.2, 0.25) is 0 Å². The van der Waals surface area contributed by atoms with Crippen LogP contribution in [0.5, 0.6) is 11.5 Å². The van der Waals surface area contributed by atoms with E-state index in [-0.39, 0.29) is 0 Å².